The predicted octanol–water partition coefficient (Wildman–Crippen LogP) is 2.01. The van der Waals surface area contributed by atoms with Crippen molar-refractivity contribution >= 4 is 10.9 Å². The standard InChI is InChI=1S/C11H10F2N2/c12-8-5-7-1-2-9(3-4-14)15-11(7)10(13)6-8/h1-2,5-6H,3-4,14H2. The van der Waals surface area contributed by atoms with E-state index >= 15 is 0 Å². The Balaban J connectivity index is 2.60. The number of rotatable bonds is 2. The van der Waals surface area contributed by atoms with Crippen LogP contribution in [0.5, 0.6) is 0 Å². The van der Waals surface area contributed by atoms with Crippen molar-refractivity contribution in [3.63, 3.8) is 0 Å². The third-order valence-electron chi connectivity index (χ3n) is 2.17. The average molecular weight is 208 g/mol. The van der Waals surface area contributed by atoms with Crippen LogP contribution in [-0.2, 0) is 6.42 Å². The van der Waals surface area contributed by atoms with Crippen LogP contribution in [0.15, 0.2) is 24.3 Å². The number of nitrogens with zero attached hydrogens (tertiary/aromatic N) is 1. The van der Waals surface area contributed by atoms with Crippen LogP contribution in [0.25, 0.3) is 10.9 Å². The minimum absolute atomic E-state index is 0.197. The van der Waals surface area contributed by atoms with Gasteiger partial charge in [-0.2, -0.15) is 0 Å². The molecule has 2 N–H and O–H groups in total. The predicted molar refractivity (Wildman–Crippen MR) is 54.4 cm³/mol. The van der Waals surface area contributed by atoms with E-state index in [2.05, 4.69) is 4.98 Å². The first-order valence-electron chi connectivity index (χ1n) is 4.65. The first-order chi connectivity index (χ1) is 7.20. The van der Waals surface area contributed by atoms with Crippen LogP contribution in [0.2, 0.25) is 0 Å². The highest BCUT2D eigenvalue weighted by molar-refractivity contribution is 5.79. The van der Waals surface area contributed by atoms with Crippen LogP contribution in [0.4, 0.5) is 8.78 Å². The summed E-state index contributed by atoms with van der Waals surface area (Å²) in [6.07, 6.45) is 0.590. The van der Waals surface area contributed by atoms with E-state index in [1.54, 1.807) is 12.1 Å². The zero-order valence-corrected chi connectivity index (χ0v) is 8.00. The lowest BCUT2D eigenvalue weighted by molar-refractivity contribution is 0.590. The molecule has 0 saturated heterocycles. The van der Waals surface area contributed by atoms with Gasteiger partial charge >= 0.3 is 0 Å². The molecule has 0 aliphatic heterocycles. The van der Waals surface area contributed by atoms with Gasteiger partial charge in [-0.05, 0) is 18.7 Å². The lowest BCUT2D eigenvalue weighted by Gasteiger charge is -2.02. The van der Waals surface area contributed by atoms with Crippen molar-refractivity contribution in [1.82, 2.24) is 4.98 Å². The lowest BCUT2D eigenvalue weighted by atomic mass is 10.1. The van der Waals surface area contributed by atoms with E-state index in [1.807, 2.05) is 0 Å². The second kappa shape index (κ2) is 3.90. The number of fused-ring (bicyclic) bond motifs is 1. The van der Waals surface area contributed by atoms with Crippen LogP contribution in [-0.4, -0.2) is 11.5 Å². The van der Waals surface area contributed by atoms with E-state index in [-0.39, 0.29) is 5.52 Å². The van der Waals surface area contributed by atoms with Gasteiger partial charge in [0.25, 0.3) is 0 Å². The SMILES string of the molecule is NCCc1ccc2cc(F)cc(F)c2n1. The monoisotopic (exact) mass is 208 g/mol. The summed E-state index contributed by atoms with van der Waals surface area (Å²) in [6, 6.07) is 5.48. The van der Waals surface area contributed by atoms with Crippen molar-refractivity contribution in [2.75, 3.05) is 6.54 Å². The minimum Gasteiger partial charge on any atom is -0.330 e. The van der Waals surface area contributed by atoms with Gasteiger partial charge in [-0.3, -0.25) is 0 Å². The van der Waals surface area contributed by atoms with Crippen LogP contribution in [0.3, 0.4) is 0 Å². The topological polar surface area (TPSA) is 38.9 Å². The van der Waals surface area contributed by atoms with E-state index < -0.39 is 11.6 Å². The number of nitrogens with two attached hydrogens (primary N) is 1. The molecule has 4 heteroatoms. The Kier molecular flexibility index (Phi) is 2.60. The molecule has 0 amide bonds. The Morgan fingerprint density at radius 1 is 1.20 bits per heavy atom. The highest BCUT2D eigenvalue weighted by Crippen LogP contribution is 2.18. The molecule has 0 fully saturated rings. The molecule has 0 spiro atoms. The summed E-state index contributed by atoms with van der Waals surface area (Å²) in [5.74, 6) is -1.22. The molecule has 0 aliphatic carbocycles. The van der Waals surface area contributed by atoms with Gasteiger partial charge < -0.3 is 5.73 Å². The van der Waals surface area contributed by atoms with E-state index in [9.17, 15) is 8.78 Å². The maximum absolute atomic E-state index is 13.3. The molecule has 0 saturated carbocycles. The Morgan fingerprint density at radius 2 is 2.00 bits per heavy atom. The Hall–Kier alpha value is -1.55. The second-order valence-electron chi connectivity index (χ2n) is 3.30. The lowest BCUT2D eigenvalue weighted by Crippen LogP contribution is -2.04. The number of hydrogen-bond acceptors (Lipinski definition) is 2. The normalized spacial score (nSPS) is 10.9. The Labute approximate surface area is 85.7 Å². The number of pyridine rings is 1. The fourth-order valence-electron chi connectivity index (χ4n) is 1.48. The Morgan fingerprint density at radius 3 is 2.73 bits per heavy atom. The molecule has 2 rings (SSSR count). The molecule has 2 aromatic rings. The summed E-state index contributed by atoms with van der Waals surface area (Å²) in [7, 11) is 0. The summed E-state index contributed by atoms with van der Waals surface area (Å²) < 4.78 is 26.2. The van der Waals surface area contributed by atoms with Crippen molar-refractivity contribution < 1.29 is 8.78 Å². The largest absolute Gasteiger partial charge is 0.330 e. The number of benzene rings is 1. The molecule has 15 heavy (non-hydrogen) atoms. The molecule has 1 aromatic heterocycles. The van der Waals surface area contributed by atoms with Gasteiger partial charge in [-0.1, -0.05) is 6.07 Å². The van der Waals surface area contributed by atoms with Gasteiger partial charge in [0.15, 0.2) is 5.82 Å². The summed E-state index contributed by atoms with van der Waals surface area (Å²) in [5, 5.41) is 0.466. The van der Waals surface area contributed by atoms with Gasteiger partial charge in [0.05, 0.1) is 0 Å². The molecule has 0 unspecified atom stereocenters. The van der Waals surface area contributed by atoms with Gasteiger partial charge in [0.2, 0.25) is 0 Å². The van der Waals surface area contributed by atoms with Crippen molar-refractivity contribution in [2.24, 2.45) is 5.73 Å². The molecule has 0 atom stereocenters. The van der Waals surface area contributed by atoms with Gasteiger partial charge in [0.1, 0.15) is 11.3 Å². The molecule has 1 aromatic carbocycles. The van der Waals surface area contributed by atoms with Crippen LogP contribution >= 0.6 is 0 Å². The summed E-state index contributed by atoms with van der Waals surface area (Å²) in [6.45, 7) is 0.460. The van der Waals surface area contributed by atoms with E-state index in [4.69, 9.17) is 5.73 Å². The smallest absolute Gasteiger partial charge is 0.152 e. The van der Waals surface area contributed by atoms with Crippen molar-refractivity contribution in [1.29, 1.82) is 0 Å². The van der Waals surface area contributed by atoms with Gasteiger partial charge in [-0.25, -0.2) is 13.8 Å². The summed E-state index contributed by atoms with van der Waals surface area (Å²) in [4.78, 5) is 4.08. The van der Waals surface area contributed by atoms with Gasteiger partial charge in [0, 0.05) is 23.6 Å². The summed E-state index contributed by atoms with van der Waals surface area (Å²) in [5.41, 5.74) is 6.29. The average Bonchev–Trinajstić information content (AvgIpc) is 2.19. The van der Waals surface area contributed by atoms with Gasteiger partial charge in [-0.15, -0.1) is 0 Å². The van der Waals surface area contributed by atoms with Crippen LogP contribution < -0.4 is 5.73 Å². The van der Waals surface area contributed by atoms with Crippen molar-refractivity contribution in [3.05, 3.63) is 41.6 Å². The number of hydrogen-bond donors (Lipinski definition) is 1. The molecule has 0 radical (unpaired) electrons. The number of aromatic nitrogens is 1. The van der Waals surface area contributed by atoms with E-state index in [1.165, 1.54) is 6.07 Å². The van der Waals surface area contributed by atoms with Crippen molar-refractivity contribution in [3.8, 4) is 0 Å². The molecule has 78 valence electrons. The van der Waals surface area contributed by atoms with Crippen LogP contribution in [0, 0.1) is 11.6 Å². The molecule has 0 aliphatic rings. The summed E-state index contributed by atoms with van der Waals surface area (Å²) >= 11 is 0. The maximum Gasteiger partial charge on any atom is 0.152 e. The maximum atomic E-state index is 13.3. The highest BCUT2D eigenvalue weighted by Gasteiger charge is 2.05. The zero-order valence-electron chi connectivity index (χ0n) is 8.00. The molecule has 0 bridgehead atoms. The fraction of sp³-hybridized carbons (Fsp3) is 0.182. The molecular formula is C11H10F2N2. The van der Waals surface area contributed by atoms with E-state index in [0.29, 0.717) is 18.4 Å². The zero-order chi connectivity index (χ0) is 10.8. The number of halogens is 2. The Bertz CT molecular complexity index is 497. The first kappa shape index (κ1) is 9.98. The second-order valence-corrected chi connectivity index (χ2v) is 3.30. The van der Waals surface area contributed by atoms with E-state index in [0.717, 1.165) is 11.8 Å². The third-order valence-corrected chi connectivity index (χ3v) is 2.17. The first-order valence-corrected chi connectivity index (χ1v) is 4.65. The molecule has 2 nitrogen and oxygen atoms in total. The van der Waals surface area contributed by atoms with Crippen LogP contribution in [0.1, 0.15) is 5.69 Å². The quantitative estimate of drug-likeness (QED) is 0.819. The fourth-order valence-corrected chi connectivity index (χ4v) is 1.48. The minimum atomic E-state index is -0.635. The molecular weight excluding hydrogens is 198 g/mol. The third kappa shape index (κ3) is 1.94. The highest BCUT2D eigenvalue weighted by atomic mass is 19.1. The van der Waals surface area contributed by atoms with Crippen molar-refractivity contribution in [2.45, 2.75) is 6.42 Å². The molecule has 1 heterocycles.